The Kier molecular flexibility index (Phi) is 4.21. The third-order valence-corrected chi connectivity index (χ3v) is 2.13. The van der Waals surface area contributed by atoms with Gasteiger partial charge in [-0.15, -0.1) is 0 Å². The summed E-state index contributed by atoms with van der Waals surface area (Å²) in [4.78, 5) is 19.5. The molecule has 7 heteroatoms. The molecule has 2 aromatic rings. The minimum Gasteiger partial charge on any atom is -0.384 e. The molecule has 0 aromatic carbocycles. The zero-order valence-electron chi connectivity index (χ0n) is 9.83. The summed E-state index contributed by atoms with van der Waals surface area (Å²) >= 11 is 0. The summed E-state index contributed by atoms with van der Waals surface area (Å²) in [5.41, 5.74) is 0.925. The van der Waals surface area contributed by atoms with E-state index < -0.39 is 0 Å². The second kappa shape index (κ2) is 6.28. The fraction of sp³-hybridized carbons (Fsp3) is 0.167. The van der Waals surface area contributed by atoms with E-state index in [1.807, 2.05) is 0 Å². The first-order chi connectivity index (χ1) is 9.29. The van der Waals surface area contributed by atoms with Crippen molar-refractivity contribution in [1.29, 1.82) is 0 Å². The smallest absolute Gasteiger partial charge is 0.253 e. The van der Waals surface area contributed by atoms with Gasteiger partial charge in [-0.2, -0.15) is 4.98 Å². The van der Waals surface area contributed by atoms with E-state index in [0.717, 1.165) is 0 Å². The molecule has 2 rings (SSSR count). The third-order valence-electron chi connectivity index (χ3n) is 2.13. The van der Waals surface area contributed by atoms with Crippen molar-refractivity contribution in [3.05, 3.63) is 41.8 Å². The lowest BCUT2D eigenvalue weighted by molar-refractivity contribution is 0.0949. The molecule has 0 aliphatic rings. The summed E-state index contributed by atoms with van der Waals surface area (Å²) < 4.78 is 4.55. The average molecular weight is 258 g/mol. The lowest BCUT2D eigenvalue weighted by Crippen LogP contribution is -2.23. The Morgan fingerprint density at radius 2 is 2.37 bits per heavy atom. The van der Waals surface area contributed by atoms with Crippen molar-refractivity contribution in [3.63, 3.8) is 0 Å². The molecule has 0 saturated heterocycles. The Bertz CT molecular complexity index is 613. The van der Waals surface area contributed by atoms with E-state index in [1.165, 1.54) is 18.8 Å². The topological polar surface area (TPSA) is 101 Å². The second-order valence-corrected chi connectivity index (χ2v) is 3.45. The molecular formula is C12H10N4O3. The Balaban J connectivity index is 2.02. The van der Waals surface area contributed by atoms with Crippen molar-refractivity contribution in [2.75, 3.05) is 6.61 Å². The van der Waals surface area contributed by atoms with Gasteiger partial charge in [0.15, 0.2) is 5.82 Å². The lowest BCUT2D eigenvalue weighted by Gasteiger charge is -2.02. The molecule has 1 amide bonds. The van der Waals surface area contributed by atoms with Crippen molar-refractivity contribution in [1.82, 2.24) is 20.4 Å². The van der Waals surface area contributed by atoms with Crippen molar-refractivity contribution in [2.45, 2.75) is 6.54 Å². The number of aliphatic hydroxyl groups excluding tert-OH is 1. The molecule has 0 spiro atoms. The quantitative estimate of drug-likeness (QED) is 0.735. The molecule has 0 radical (unpaired) electrons. The molecule has 0 unspecified atom stereocenters. The number of nitrogens with zero attached hydrogens (tertiary/aromatic N) is 3. The third kappa shape index (κ3) is 3.62. The molecule has 2 heterocycles. The Hall–Kier alpha value is -2.72. The maximum Gasteiger partial charge on any atom is 0.253 e. The largest absolute Gasteiger partial charge is 0.384 e. The number of carbonyl (C=O) groups excluding carboxylic acids is 1. The first-order valence-corrected chi connectivity index (χ1v) is 5.38. The molecule has 0 saturated carbocycles. The van der Waals surface area contributed by atoms with Crippen LogP contribution >= 0.6 is 0 Å². The highest BCUT2D eigenvalue weighted by Crippen LogP contribution is 2.02. The molecule has 0 aliphatic carbocycles. The molecule has 96 valence electrons. The number of amides is 1. The van der Waals surface area contributed by atoms with E-state index in [9.17, 15) is 4.79 Å². The van der Waals surface area contributed by atoms with Gasteiger partial charge in [-0.05, 0) is 6.07 Å². The van der Waals surface area contributed by atoms with Crippen LogP contribution in [0, 0.1) is 11.8 Å². The van der Waals surface area contributed by atoms with E-state index >= 15 is 0 Å². The first kappa shape index (κ1) is 12.7. The van der Waals surface area contributed by atoms with E-state index in [1.54, 1.807) is 6.07 Å². The van der Waals surface area contributed by atoms with Gasteiger partial charge < -0.3 is 14.9 Å². The highest BCUT2D eigenvalue weighted by molar-refractivity contribution is 5.94. The van der Waals surface area contributed by atoms with Crippen molar-refractivity contribution >= 4 is 5.91 Å². The fourth-order valence-electron chi connectivity index (χ4n) is 1.31. The number of rotatable bonds is 3. The van der Waals surface area contributed by atoms with Gasteiger partial charge in [-0.3, -0.25) is 9.78 Å². The Labute approximate surface area is 108 Å². The number of nitrogens with one attached hydrogen (secondary N) is 1. The summed E-state index contributed by atoms with van der Waals surface area (Å²) in [5, 5.41) is 14.8. The monoisotopic (exact) mass is 258 g/mol. The van der Waals surface area contributed by atoms with E-state index in [2.05, 4.69) is 36.8 Å². The number of carbonyl (C=O) groups is 1. The van der Waals surface area contributed by atoms with Crippen LogP contribution in [0.4, 0.5) is 0 Å². The van der Waals surface area contributed by atoms with Gasteiger partial charge in [-0.1, -0.05) is 17.0 Å². The maximum atomic E-state index is 11.8. The van der Waals surface area contributed by atoms with Crippen LogP contribution < -0.4 is 5.32 Å². The molecule has 0 fully saturated rings. The van der Waals surface area contributed by atoms with Crippen molar-refractivity contribution in [2.24, 2.45) is 0 Å². The van der Waals surface area contributed by atoms with Crippen LogP contribution in [0.5, 0.6) is 0 Å². The number of pyridine rings is 1. The predicted molar refractivity (Wildman–Crippen MR) is 63.7 cm³/mol. The molecule has 2 aromatic heterocycles. The molecule has 0 aliphatic heterocycles. The van der Waals surface area contributed by atoms with E-state index in [4.69, 9.17) is 5.11 Å². The number of aromatic nitrogens is 3. The van der Waals surface area contributed by atoms with Crippen LogP contribution in [0.3, 0.4) is 0 Å². The predicted octanol–water partition coefficient (Wildman–Crippen LogP) is -0.262. The number of aliphatic hydroxyl groups is 1. The second-order valence-electron chi connectivity index (χ2n) is 3.45. The average Bonchev–Trinajstić information content (AvgIpc) is 2.96. The van der Waals surface area contributed by atoms with Gasteiger partial charge in [0.05, 0.1) is 12.1 Å². The van der Waals surface area contributed by atoms with Gasteiger partial charge >= 0.3 is 0 Å². The van der Waals surface area contributed by atoms with Gasteiger partial charge in [0.1, 0.15) is 6.61 Å². The van der Waals surface area contributed by atoms with Gasteiger partial charge in [0.25, 0.3) is 5.91 Å². The zero-order chi connectivity index (χ0) is 13.5. The lowest BCUT2D eigenvalue weighted by atomic mass is 10.2. The molecule has 0 bridgehead atoms. The van der Waals surface area contributed by atoms with Crippen LogP contribution in [-0.4, -0.2) is 32.7 Å². The molecule has 19 heavy (non-hydrogen) atoms. The molecule has 2 N–H and O–H groups in total. The van der Waals surface area contributed by atoms with Gasteiger partial charge in [0, 0.05) is 18.0 Å². The van der Waals surface area contributed by atoms with Crippen LogP contribution in [0.15, 0.2) is 29.4 Å². The van der Waals surface area contributed by atoms with E-state index in [0.29, 0.717) is 17.0 Å². The van der Waals surface area contributed by atoms with Crippen molar-refractivity contribution < 1.29 is 14.4 Å². The first-order valence-electron chi connectivity index (χ1n) is 5.38. The Morgan fingerprint density at radius 1 is 1.47 bits per heavy atom. The van der Waals surface area contributed by atoms with Crippen molar-refractivity contribution in [3.8, 4) is 11.8 Å². The zero-order valence-corrected chi connectivity index (χ0v) is 9.83. The molecule has 7 nitrogen and oxygen atoms in total. The SMILES string of the molecule is O=C(NCc1ncon1)c1cncc(C#CCO)c1. The number of hydrogen-bond donors (Lipinski definition) is 2. The standard InChI is InChI=1S/C12H10N4O3/c17-3-1-2-9-4-10(6-13-5-9)12(18)14-7-11-15-8-19-16-11/h4-6,8,17H,3,7H2,(H,14,18). The molecular weight excluding hydrogens is 248 g/mol. The van der Waals surface area contributed by atoms with Crippen LogP contribution in [0.2, 0.25) is 0 Å². The summed E-state index contributed by atoms with van der Waals surface area (Å²) in [6, 6.07) is 1.58. The van der Waals surface area contributed by atoms with Crippen LogP contribution in [-0.2, 0) is 6.54 Å². The Morgan fingerprint density at radius 3 is 3.11 bits per heavy atom. The summed E-state index contributed by atoms with van der Waals surface area (Å²) in [5.74, 6) is 5.24. The van der Waals surface area contributed by atoms with Crippen LogP contribution in [0.25, 0.3) is 0 Å². The minimum absolute atomic E-state index is 0.169. The highest BCUT2D eigenvalue weighted by Gasteiger charge is 2.07. The van der Waals surface area contributed by atoms with Crippen LogP contribution in [0.1, 0.15) is 21.7 Å². The minimum atomic E-state index is -0.315. The fourth-order valence-corrected chi connectivity index (χ4v) is 1.31. The maximum absolute atomic E-state index is 11.8. The molecule has 0 atom stereocenters. The highest BCUT2D eigenvalue weighted by atomic mass is 16.5. The van der Waals surface area contributed by atoms with E-state index in [-0.39, 0.29) is 19.1 Å². The number of hydrogen-bond acceptors (Lipinski definition) is 6. The summed E-state index contributed by atoms with van der Waals surface area (Å²) in [7, 11) is 0. The summed E-state index contributed by atoms with van der Waals surface area (Å²) in [6.45, 7) is -0.0733. The van der Waals surface area contributed by atoms with Gasteiger partial charge in [0.2, 0.25) is 6.39 Å². The normalized spacial score (nSPS) is 9.53. The van der Waals surface area contributed by atoms with Gasteiger partial charge in [-0.25, -0.2) is 0 Å². The summed E-state index contributed by atoms with van der Waals surface area (Å²) in [6.07, 6.45) is 4.13.